The molecule has 0 N–H and O–H groups in total. The van der Waals surface area contributed by atoms with Crippen molar-refractivity contribution in [2.75, 3.05) is 13.1 Å². The van der Waals surface area contributed by atoms with Gasteiger partial charge in [0.15, 0.2) is 0 Å². The molecule has 21 heavy (non-hydrogen) atoms. The molecule has 0 aliphatic carbocycles. The summed E-state index contributed by atoms with van der Waals surface area (Å²) in [5, 5.41) is 0. The Hall–Kier alpha value is -1.78. The number of rotatable bonds is 4. The summed E-state index contributed by atoms with van der Waals surface area (Å²) in [6, 6.07) is 10.2. The van der Waals surface area contributed by atoms with Gasteiger partial charge in [0.05, 0.1) is 0 Å². The van der Waals surface area contributed by atoms with Crippen LogP contribution in [0.5, 0.6) is 0 Å². The van der Waals surface area contributed by atoms with Crippen LogP contribution in [0.2, 0.25) is 0 Å². The number of benzene rings is 1. The largest absolute Gasteiger partial charge is 0.454 e. The van der Waals surface area contributed by atoms with Gasteiger partial charge < -0.3 is 4.90 Å². The van der Waals surface area contributed by atoms with Gasteiger partial charge in [-0.25, -0.2) is 0 Å². The molecule has 0 atom stereocenters. The molecular formula is C16H18F3NO. The molecule has 2 rings (SSSR count). The highest BCUT2D eigenvalue weighted by Crippen LogP contribution is 2.22. The number of carbonyl (C=O) groups excluding carboxylic acids is 1. The summed E-state index contributed by atoms with van der Waals surface area (Å²) in [7, 11) is 0. The number of alkyl halides is 3. The maximum atomic E-state index is 12.1. The molecule has 1 fully saturated rings. The van der Waals surface area contributed by atoms with Crippen molar-refractivity contribution in [1.82, 2.24) is 4.90 Å². The van der Waals surface area contributed by atoms with Gasteiger partial charge in [-0.1, -0.05) is 30.3 Å². The number of carbonyl (C=O) groups is 1. The summed E-state index contributed by atoms with van der Waals surface area (Å²) in [5.74, 6) is -1.25. The smallest absolute Gasteiger partial charge is 0.377 e. The van der Waals surface area contributed by atoms with Crippen molar-refractivity contribution in [2.24, 2.45) is 5.92 Å². The van der Waals surface area contributed by atoms with E-state index in [-0.39, 0.29) is 0 Å². The van der Waals surface area contributed by atoms with Crippen molar-refractivity contribution >= 4 is 5.78 Å². The van der Waals surface area contributed by atoms with Crippen LogP contribution in [0.25, 0.3) is 0 Å². The predicted molar refractivity (Wildman–Crippen MR) is 74.6 cm³/mol. The first-order valence-electron chi connectivity index (χ1n) is 7.02. The molecule has 1 saturated heterocycles. The van der Waals surface area contributed by atoms with Gasteiger partial charge in [0.2, 0.25) is 0 Å². The highest BCUT2D eigenvalue weighted by atomic mass is 19.4. The van der Waals surface area contributed by atoms with Crippen LogP contribution in [-0.4, -0.2) is 29.9 Å². The van der Waals surface area contributed by atoms with Gasteiger partial charge in [-0.05, 0) is 30.7 Å². The molecule has 1 aliphatic heterocycles. The van der Waals surface area contributed by atoms with Crippen LogP contribution in [0.4, 0.5) is 13.2 Å². The molecule has 1 aliphatic rings. The number of hydrogen-bond donors (Lipinski definition) is 0. The van der Waals surface area contributed by atoms with E-state index >= 15 is 0 Å². The second kappa shape index (κ2) is 6.78. The first kappa shape index (κ1) is 15.6. The molecular weight excluding hydrogens is 279 g/mol. The first-order valence-corrected chi connectivity index (χ1v) is 7.02. The van der Waals surface area contributed by atoms with Gasteiger partial charge >= 0.3 is 6.18 Å². The molecule has 0 saturated carbocycles. The fourth-order valence-electron chi connectivity index (χ4n) is 2.52. The number of halogens is 3. The lowest BCUT2D eigenvalue weighted by Crippen LogP contribution is -2.31. The summed E-state index contributed by atoms with van der Waals surface area (Å²) in [5.41, 5.74) is 1.29. The molecule has 0 aromatic heterocycles. The second-order valence-corrected chi connectivity index (χ2v) is 5.35. The summed E-state index contributed by atoms with van der Waals surface area (Å²) in [6.45, 7) is 1.39. The van der Waals surface area contributed by atoms with Gasteiger partial charge in [0, 0.05) is 25.4 Å². The number of hydrogen-bond acceptors (Lipinski definition) is 2. The van der Waals surface area contributed by atoms with Gasteiger partial charge in [-0.3, -0.25) is 4.79 Å². The molecule has 0 amide bonds. The van der Waals surface area contributed by atoms with Crippen molar-refractivity contribution in [3.63, 3.8) is 0 Å². The van der Waals surface area contributed by atoms with E-state index in [4.69, 9.17) is 0 Å². The van der Waals surface area contributed by atoms with Crippen molar-refractivity contribution < 1.29 is 18.0 Å². The van der Waals surface area contributed by atoms with E-state index in [1.165, 1.54) is 11.8 Å². The Morgan fingerprint density at radius 2 is 1.81 bits per heavy atom. The highest BCUT2D eigenvalue weighted by molar-refractivity contribution is 5.94. The first-order chi connectivity index (χ1) is 9.95. The average molecular weight is 297 g/mol. The zero-order valence-electron chi connectivity index (χ0n) is 11.6. The molecule has 2 nitrogen and oxygen atoms in total. The normalized spacial score (nSPS) is 17.4. The minimum Gasteiger partial charge on any atom is -0.377 e. The Bertz CT molecular complexity index is 488. The van der Waals surface area contributed by atoms with E-state index in [0.29, 0.717) is 25.1 Å². The third-order valence-electron chi connectivity index (χ3n) is 3.73. The Morgan fingerprint density at radius 1 is 1.19 bits per heavy atom. The molecule has 0 spiro atoms. The van der Waals surface area contributed by atoms with E-state index in [1.807, 2.05) is 18.2 Å². The second-order valence-electron chi connectivity index (χ2n) is 5.35. The molecule has 0 unspecified atom stereocenters. The Labute approximate surface area is 122 Å². The molecule has 1 aromatic rings. The van der Waals surface area contributed by atoms with Gasteiger partial charge in [-0.15, -0.1) is 0 Å². The third-order valence-corrected chi connectivity index (χ3v) is 3.73. The summed E-state index contributed by atoms with van der Waals surface area (Å²) >= 11 is 0. The van der Waals surface area contributed by atoms with E-state index < -0.39 is 12.0 Å². The third kappa shape index (κ3) is 4.92. The molecule has 0 bridgehead atoms. The fourth-order valence-corrected chi connectivity index (χ4v) is 2.52. The number of piperidine rings is 1. The monoisotopic (exact) mass is 297 g/mol. The van der Waals surface area contributed by atoms with Gasteiger partial charge in [-0.2, -0.15) is 13.2 Å². The zero-order chi connectivity index (χ0) is 15.3. The van der Waals surface area contributed by atoms with Crippen LogP contribution in [0.15, 0.2) is 42.6 Å². The fraction of sp³-hybridized carbons (Fsp3) is 0.438. The Morgan fingerprint density at radius 3 is 2.38 bits per heavy atom. The number of allylic oxidation sites excluding steroid dienone is 1. The van der Waals surface area contributed by atoms with Crippen LogP contribution in [0, 0.1) is 5.92 Å². The van der Waals surface area contributed by atoms with Crippen LogP contribution in [0.1, 0.15) is 18.4 Å². The molecule has 114 valence electrons. The minimum atomic E-state index is -4.78. The lowest BCUT2D eigenvalue weighted by molar-refractivity contribution is -0.165. The highest BCUT2D eigenvalue weighted by Gasteiger charge is 2.36. The van der Waals surface area contributed by atoms with Crippen LogP contribution >= 0.6 is 0 Å². The summed E-state index contributed by atoms with van der Waals surface area (Å²) in [4.78, 5) is 12.6. The molecule has 5 heteroatoms. The van der Waals surface area contributed by atoms with E-state index in [9.17, 15) is 18.0 Å². The number of ketones is 1. The summed E-state index contributed by atoms with van der Waals surface area (Å²) in [6.07, 6.45) is -0.0209. The Kier molecular flexibility index (Phi) is 5.04. The molecule has 1 heterocycles. The van der Waals surface area contributed by atoms with E-state index in [0.717, 1.165) is 19.3 Å². The zero-order valence-corrected chi connectivity index (χ0v) is 11.6. The van der Waals surface area contributed by atoms with Crippen LogP contribution < -0.4 is 0 Å². The van der Waals surface area contributed by atoms with E-state index in [2.05, 4.69) is 12.1 Å². The predicted octanol–water partition coefficient (Wildman–Crippen LogP) is 3.59. The topological polar surface area (TPSA) is 20.3 Å². The maximum Gasteiger partial charge on any atom is 0.454 e. The molecule has 0 radical (unpaired) electrons. The SMILES string of the molecule is O=C(/C=C/N1CCC(Cc2ccccc2)CC1)C(F)(F)F. The lowest BCUT2D eigenvalue weighted by Gasteiger charge is -2.31. The van der Waals surface area contributed by atoms with Gasteiger partial charge in [0.1, 0.15) is 0 Å². The van der Waals surface area contributed by atoms with Crippen molar-refractivity contribution in [2.45, 2.75) is 25.4 Å². The van der Waals surface area contributed by atoms with Gasteiger partial charge in [0.25, 0.3) is 5.78 Å². The number of likely N-dealkylation sites (tertiary alicyclic amines) is 1. The molecule has 1 aromatic carbocycles. The van der Waals surface area contributed by atoms with Crippen molar-refractivity contribution in [3.8, 4) is 0 Å². The lowest BCUT2D eigenvalue weighted by atomic mass is 9.90. The number of nitrogens with zero attached hydrogens (tertiary/aromatic N) is 1. The van der Waals surface area contributed by atoms with E-state index in [1.54, 1.807) is 4.90 Å². The van der Waals surface area contributed by atoms with Crippen molar-refractivity contribution in [1.29, 1.82) is 0 Å². The quantitative estimate of drug-likeness (QED) is 0.792. The Balaban J connectivity index is 1.78. The van der Waals surface area contributed by atoms with Crippen LogP contribution in [-0.2, 0) is 11.2 Å². The standard InChI is InChI=1S/C16H18F3NO/c17-16(18,19)15(21)8-11-20-9-6-14(7-10-20)12-13-4-2-1-3-5-13/h1-5,8,11,14H,6-7,9-10,12H2/b11-8+. The summed E-state index contributed by atoms with van der Waals surface area (Å²) < 4.78 is 36.3. The maximum absolute atomic E-state index is 12.1. The average Bonchev–Trinajstić information content (AvgIpc) is 2.46. The van der Waals surface area contributed by atoms with Crippen molar-refractivity contribution in [3.05, 3.63) is 48.2 Å². The van der Waals surface area contributed by atoms with Crippen LogP contribution in [0.3, 0.4) is 0 Å². The minimum absolute atomic E-state index is 0.551.